The second-order valence-corrected chi connectivity index (χ2v) is 8.52. The Morgan fingerprint density at radius 3 is 2.86 bits per heavy atom. The van der Waals surface area contributed by atoms with Gasteiger partial charge in [0.2, 0.25) is 0 Å². The number of likely N-dealkylation sites (tertiary alicyclic amines) is 1. The molecule has 1 amide bonds. The van der Waals surface area contributed by atoms with Crippen molar-refractivity contribution in [1.82, 2.24) is 19.9 Å². The Bertz CT molecular complexity index is 1150. The lowest BCUT2D eigenvalue weighted by Crippen LogP contribution is -2.67. The van der Waals surface area contributed by atoms with Crippen molar-refractivity contribution in [1.29, 1.82) is 0 Å². The van der Waals surface area contributed by atoms with Gasteiger partial charge in [0.05, 0.1) is 10.4 Å². The number of anilines is 1. The van der Waals surface area contributed by atoms with E-state index in [0.29, 0.717) is 22.2 Å². The summed E-state index contributed by atoms with van der Waals surface area (Å²) in [6.45, 7) is 1.57. The Hall–Kier alpha value is -3.04. The average molecular weight is 406 g/mol. The van der Waals surface area contributed by atoms with Crippen LogP contribution in [0.15, 0.2) is 36.8 Å². The molecule has 1 aliphatic carbocycles. The molecule has 0 radical (unpaired) electrons. The molecule has 1 N–H and O–H groups in total. The number of halogens is 1. The molecule has 3 aromatic rings. The van der Waals surface area contributed by atoms with Crippen LogP contribution in [-0.2, 0) is 0 Å². The molecule has 1 aromatic carbocycles. The molecule has 0 unspecified atom stereocenters. The second-order valence-electron chi connectivity index (χ2n) is 8.11. The number of terminal acetylenes is 1. The van der Waals surface area contributed by atoms with Crippen molar-refractivity contribution in [2.24, 2.45) is 5.41 Å². The van der Waals surface area contributed by atoms with Crippen LogP contribution in [0.4, 0.5) is 5.82 Å². The number of aromatic nitrogens is 3. The van der Waals surface area contributed by atoms with E-state index in [0.717, 1.165) is 42.8 Å². The number of nitrogens with zero attached hydrogens (tertiary/aromatic N) is 4. The highest BCUT2D eigenvalue weighted by Crippen LogP contribution is 2.51. The largest absolute Gasteiger partial charge is 0.356 e. The zero-order chi connectivity index (χ0) is 20.2. The Morgan fingerprint density at radius 1 is 1.34 bits per heavy atom. The first kappa shape index (κ1) is 18.0. The summed E-state index contributed by atoms with van der Waals surface area (Å²) in [6, 6.07) is 7.57. The molecule has 6 nitrogen and oxygen atoms in total. The zero-order valence-corrected chi connectivity index (χ0v) is 16.8. The highest BCUT2D eigenvalue weighted by molar-refractivity contribution is 6.32. The summed E-state index contributed by atoms with van der Waals surface area (Å²) in [4.78, 5) is 28.8. The van der Waals surface area contributed by atoms with Gasteiger partial charge in [-0.05, 0) is 37.1 Å². The van der Waals surface area contributed by atoms with Crippen molar-refractivity contribution in [2.75, 3.05) is 25.0 Å². The minimum absolute atomic E-state index is 0.0164. The van der Waals surface area contributed by atoms with E-state index in [1.807, 2.05) is 17.2 Å². The van der Waals surface area contributed by atoms with Gasteiger partial charge in [-0.3, -0.25) is 4.79 Å². The van der Waals surface area contributed by atoms with Crippen molar-refractivity contribution in [3.05, 3.63) is 52.9 Å². The van der Waals surface area contributed by atoms with Gasteiger partial charge in [-0.15, -0.1) is 6.42 Å². The van der Waals surface area contributed by atoms with Crippen LogP contribution in [0, 0.1) is 17.8 Å². The van der Waals surface area contributed by atoms with E-state index in [4.69, 9.17) is 18.0 Å². The lowest BCUT2D eigenvalue weighted by molar-refractivity contribution is -0.0541. The molecule has 0 bridgehead atoms. The molecule has 7 heteroatoms. The lowest BCUT2D eigenvalue weighted by Gasteiger charge is -2.60. The fraction of sp³-hybridized carbons (Fsp3) is 0.318. The molecule has 0 atom stereocenters. The van der Waals surface area contributed by atoms with E-state index >= 15 is 0 Å². The molecule has 2 aliphatic rings. The summed E-state index contributed by atoms with van der Waals surface area (Å²) in [5, 5.41) is 1.48. The molecule has 2 aromatic heterocycles. The van der Waals surface area contributed by atoms with E-state index in [1.54, 1.807) is 24.5 Å². The SMILES string of the molecule is C#Cc1ccc(C(=O)N2CC3(CC(N(C)c4ncnc5[nH]ccc45)C3)C2)cc1Cl. The van der Waals surface area contributed by atoms with E-state index in [9.17, 15) is 4.79 Å². The van der Waals surface area contributed by atoms with Crippen molar-refractivity contribution in [2.45, 2.75) is 18.9 Å². The molecular formula is C22H20ClN5O. The normalized spacial score (nSPS) is 17.6. The minimum atomic E-state index is 0.0164. The number of fused-ring (bicyclic) bond motifs is 1. The maximum absolute atomic E-state index is 12.7. The fourth-order valence-corrected chi connectivity index (χ4v) is 4.87. The molecule has 1 spiro atoms. The van der Waals surface area contributed by atoms with Gasteiger partial charge in [0.1, 0.15) is 17.8 Å². The minimum Gasteiger partial charge on any atom is -0.356 e. The van der Waals surface area contributed by atoms with Crippen molar-refractivity contribution < 1.29 is 4.79 Å². The van der Waals surface area contributed by atoms with E-state index in [2.05, 4.69) is 32.8 Å². The van der Waals surface area contributed by atoms with Gasteiger partial charge in [-0.1, -0.05) is 17.5 Å². The van der Waals surface area contributed by atoms with Crippen molar-refractivity contribution in [3.63, 3.8) is 0 Å². The highest BCUT2D eigenvalue weighted by atomic mass is 35.5. The monoisotopic (exact) mass is 405 g/mol. The van der Waals surface area contributed by atoms with Gasteiger partial charge >= 0.3 is 0 Å². The third-order valence-corrected chi connectivity index (χ3v) is 6.58. The average Bonchev–Trinajstić information content (AvgIpc) is 3.14. The molecule has 3 heterocycles. The first-order valence-corrected chi connectivity index (χ1v) is 9.94. The first-order chi connectivity index (χ1) is 14.0. The summed E-state index contributed by atoms with van der Waals surface area (Å²) >= 11 is 6.15. The zero-order valence-electron chi connectivity index (χ0n) is 16.0. The Morgan fingerprint density at radius 2 is 2.14 bits per heavy atom. The fourth-order valence-electron chi connectivity index (χ4n) is 4.64. The first-order valence-electron chi connectivity index (χ1n) is 9.56. The Labute approximate surface area is 173 Å². The summed E-state index contributed by atoms with van der Waals surface area (Å²) in [7, 11) is 2.09. The van der Waals surface area contributed by atoms with Crippen LogP contribution in [0.3, 0.4) is 0 Å². The van der Waals surface area contributed by atoms with Crippen LogP contribution in [0.1, 0.15) is 28.8 Å². The highest BCUT2D eigenvalue weighted by Gasteiger charge is 2.55. The molecule has 1 saturated carbocycles. The predicted octanol–water partition coefficient (Wildman–Crippen LogP) is 3.33. The van der Waals surface area contributed by atoms with Gasteiger partial charge in [0, 0.05) is 48.9 Å². The topological polar surface area (TPSA) is 65.1 Å². The van der Waals surface area contributed by atoms with Gasteiger partial charge in [-0.2, -0.15) is 0 Å². The van der Waals surface area contributed by atoms with Gasteiger partial charge in [0.25, 0.3) is 5.91 Å². The smallest absolute Gasteiger partial charge is 0.253 e. The lowest BCUT2D eigenvalue weighted by atomic mass is 9.60. The summed E-state index contributed by atoms with van der Waals surface area (Å²) in [5.74, 6) is 3.48. The summed E-state index contributed by atoms with van der Waals surface area (Å²) < 4.78 is 0. The Balaban J connectivity index is 1.22. The predicted molar refractivity (Wildman–Crippen MR) is 113 cm³/mol. The number of carbonyl (C=O) groups is 1. The van der Waals surface area contributed by atoms with E-state index in [-0.39, 0.29) is 11.3 Å². The number of amides is 1. The van der Waals surface area contributed by atoms with Crippen LogP contribution >= 0.6 is 11.6 Å². The van der Waals surface area contributed by atoms with Crippen LogP contribution in [0.2, 0.25) is 5.02 Å². The molecule has 29 heavy (non-hydrogen) atoms. The number of H-pyrrole nitrogens is 1. The van der Waals surface area contributed by atoms with Crippen molar-refractivity contribution in [3.8, 4) is 12.3 Å². The van der Waals surface area contributed by atoms with Crippen LogP contribution < -0.4 is 4.90 Å². The van der Waals surface area contributed by atoms with Gasteiger partial charge in [-0.25, -0.2) is 9.97 Å². The number of carbonyl (C=O) groups excluding carboxylic acids is 1. The number of hydrogen-bond donors (Lipinski definition) is 1. The van der Waals surface area contributed by atoms with Crippen LogP contribution in [0.25, 0.3) is 11.0 Å². The number of aromatic amines is 1. The van der Waals surface area contributed by atoms with Crippen LogP contribution in [0.5, 0.6) is 0 Å². The molecule has 1 aliphatic heterocycles. The Kier molecular flexibility index (Phi) is 4.04. The molecular weight excluding hydrogens is 386 g/mol. The number of nitrogens with one attached hydrogen (secondary N) is 1. The van der Waals surface area contributed by atoms with Crippen LogP contribution in [-0.4, -0.2) is 51.9 Å². The number of benzene rings is 1. The molecule has 146 valence electrons. The quantitative estimate of drug-likeness (QED) is 0.679. The number of rotatable bonds is 3. The molecule has 5 rings (SSSR count). The van der Waals surface area contributed by atoms with Crippen molar-refractivity contribution >= 4 is 34.4 Å². The van der Waals surface area contributed by atoms with E-state index in [1.165, 1.54) is 0 Å². The molecule has 1 saturated heterocycles. The third kappa shape index (κ3) is 2.85. The molecule has 2 fully saturated rings. The standard InChI is InChI=1S/C22H20ClN5O/c1-3-14-4-5-15(8-18(14)23)21(29)28-11-22(12-28)9-16(10-22)27(2)20-17-6-7-24-19(17)25-13-26-20/h1,4-8,13,16H,9-12H2,2H3,(H,24,25,26). The maximum Gasteiger partial charge on any atom is 0.253 e. The number of hydrogen-bond acceptors (Lipinski definition) is 4. The maximum atomic E-state index is 12.7. The summed E-state index contributed by atoms with van der Waals surface area (Å²) in [5.41, 5.74) is 2.27. The van der Waals surface area contributed by atoms with Gasteiger partial charge in [0.15, 0.2) is 0 Å². The van der Waals surface area contributed by atoms with E-state index < -0.39 is 0 Å². The van der Waals surface area contributed by atoms with Gasteiger partial charge < -0.3 is 14.8 Å². The summed E-state index contributed by atoms with van der Waals surface area (Å²) in [6.07, 6.45) is 11.0. The second kappa shape index (κ2) is 6.50. The third-order valence-electron chi connectivity index (χ3n) is 6.26.